The Morgan fingerprint density at radius 2 is 1.75 bits per heavy atom. The number of nitrogens with zero attached hydrogens (tertiary/aromatic N) is 1. The predicted octanol–water partition coefficient (Wildman–Crippen LogP) is 3.69. The summed E-state index contributed by atoms with van der Waals surface area (Å²) in [7, 11) is 4.87. The topological polar surface area (TPSA) is 60.0 Å². The first-order chi connectivity index (χ1) is 15.5. The average molecular weight is 443 g/mol. The molecule has 3 rings (SSSR count). The van der Waals surface area contributed by atoms with Crippen LogP contribution in [0.25, 0.3) is 5.57 Å². The Balaban J connectivity index is 1.60. The van der Waals surface area contributed by atoms with Crippen LogP contribution in [-0.4, -0.2) is 57.8 Å². The first-order valence-electron chi connectivity index (χ1n) is 10.7. The van der Waals surface area contributed by atoms with Crippen LogP contribution in [0.2, 0.25) is 0 Å². The van der Waals surface area contributed by atoms with Gasteiger partial charge in [0.05, 0.1) is 32.9 Å². The molecule has 1 unspecified atom stereocenters. The lowest BCUT2D eigenvalue weighted by atomic mass is 9.96. The fourth-order valence-corrected chi connectivity index (χ4v) is 3.88. The third-order valence-electron chi connectivity index (χ3n) is 5.83. The summed E-state index contributed by atoms with van der Waals surface area (Å²) in [5.74, 6) is 1.81. The van der Waals surface area contributed by atoms with Crippen LogP contribution in [0.1, 0.15) is 24.5 Å². The van der Waals surface area contributed by atoms with Crippen molar-refractivity contribution in [3.63, 3.8) is 0 Å². The highest BCUT2D eigenvalue weighted by Crippen LogP contribution is 2.40. The molecule has 1 aliphatic rings. The third-order valence-corrected chi connectivity index (χ3v) is 5.83. The van der Waals surface area contributed by atoms with E-state index in [1.165, 1.54) is 12.1 Å². The Labute approximate surface area is 189 Å². The first-order valence-corrected chi connectivity index (χ1v) is 10.7. The Hall–Kier alpha value is -3.06. The number of rotatable bonds is 9. The molecule has 0 radical (unpaired) electrons. The molecule has 0 saturated heterocycles. The van der Waals surface area contributed by atoms with Gasteiger partial charge in [-0.1, -0.05) is 18.2 Å². The van der Waals surface area contributed by atoms with Gasteiger partial charge >= 0.3 is 0 Å². The second kappa shape index (κ2) is 11.0. The minimum atomic E-state index is -0.256. The number of amides is 1. The summed E-state index contributed by atoms with van der Waals surface area (Å²) < 4.78 is 29.5. The van der Waals surface area contributed by atoms with E-state index in [4.69, 9.17) is 14.2 Å². The summed E-state index contributed by atoms with van der Waals surface area (Å²) in [5.41, 5.74) is 3.04. The maximum Gasteiger partial charge on any atom is 0.237 e. The molecule has 1 amide bonds. The number of halogens is 1. The van der Waals surface area contributed by atoms with Crippen molar-refractivity contribution in [3.8, 4) is 17.2 Å². The molecule has 6 nitrogen and oxygen atoms in total. The van der Waals surface area contributed by atoms with Gasteiger partial charge in [-0.05, 0) is 43.0 Å². The van der Waals surface area contributed by atoms with Crippen molar-refractivity contribution in [1.82, 2.24) is 10.2 Å². The first kappa shape index (κ1) is 23.6. The van der Waals surface area contributed by atoms with Crippen molar-refractivity contribution in [2.75, 3.05) is 41.0 Å². The van der Waals surface area contributed by atoms with E-state index in [-0.39, 0.29) is 17.8 Å². The second-order valence-electron chi connectivity index (χ2n) is 7.72. The number of methoxy groups -OCH3 is 3. The third kappa shape index (κ3) is 5.59. The van der Waals surface area contributed by atoms with E-state index < -0.39 is 0 Å². The van der Waals surface area contributed by atoms with Gasteiger partial charge in [0.25, 0.3) is 0 Å². The number of hydrogen-bond acceptors (Lipinski definition) is 5. The molecule has 0 aliphatic carbocycles. The number of carbonyl (C=O) groups excluding carboxylic acids is 1. The second-order valence-corrected chi connectivity index (χ2v) is 7.72. The van der Waals surface area contributed by atoms with Crippen LogP contribution in [0.4, 0.5) is 4.39 Å². The summed E-state index contributed by atoms with van der Waals surface area (Å²) >= 11 is 0. The van der Waals surface area contributed by atoms with Crippen molar-refractivity contribution in [2.24, 2.45) is 0 Å². The number of hydrogen-bond donors (Lipinski definition) is 1. The van der Waals surface area contributed by atoms with Gasteiger partial charge in [0.2, 0.25) is 5.91 Å². The van der Waals surface area contributed by atoms with Gasteiger partial charge in [0, 0.05) is 31.8 Å². The number of carbonyl (C=O) groups is 1. The fourth-order valence-electron chi connectivity index (χ4n) is 3.88. The summed E-state index contributed by atoms with van der Waals surface area (Å²) in [6.07, 6.45) is 3.56. The largest absolute Gasteiger partial charge is 0.496 e. The zero-order valence-electron chi connectivity index (χ0n) is 19.1. The van der Waals surface area contributed by atoms with Gasteiger partial charge < -0.3 is 19.5 Å². The van der Waals surface area contributed by atoms with Gasteiger partial charge in [-0.15, -0.1) is 0 Å². The molecular formula is C25H31FN2O4. The summed E-state index contributed by atoms with van der Waals surface area (Å²) in [5, 5.41) is 2.99. The van der Waals surface area contributed by atoms with Crippen molar-refractivity contribution in [1.29, 1.82) is 0 Å². The lowest BCUT2D eigenvalue weighted by Crippen LogP contribution is -2.47. The molecule has 32 heavy (non-hydrogen) atoms. The van der Waals surface area contributed by atoms with Gasteiger partial charge in [0.1, 0.15) is 23.1 Å². The molecule has 0 saturated carbocycles. The lowest BCUT2D eigenvalue weighted by Gasteiger charge is -2.31. The van der Waals surface area contributed by atoms with E-state index in [2.05, 4.69) is 16.3 Å². The Morgan fingerprint density at radius 1 is 1.09 bits per heavy atom. The van der Waals surface area contributed by atoms with E-state index in [9.17, 15) is 9.18 Å². The van der Waals surface area contributed by atoms with Crippen LogP contribution in [0.15, 0.2) is 42.5 Å². The lowest BCUT2D eigenvalue weighted by molar-refractivity contribution is -0.125. The molecular weight excluding hydrogens is 411 g/mol. The van der Waals surface area contributed by atoms with Crippen LogP contribution in [0, 0.1) is 5.82 Å². The predicted molar refractivity (Wildman–Crippen MR) is 123 cm³/mol. The molecule has 0 fully saturated rings. The number of benzene rings is 2. The van der Waals surface area contributed by atoms with E-state index in [0.29, 0.717) is 36.8 Å². The van der Waals surface area contributed by atoms with Gasteiger partial charge in [-0.3, -0.25) is 9.69 Å². The standard InChI is InChI=1S/C25H31FN2O4/c1-17(25(29)27-12-9-18-5-7-20(26)8-6-18)28-13-10-19(11-14-28)24-22(31-3)15-21(30-2)16-23(24)32-4/h5-8,10,15-17H,9,11-14H2,1-4H3,(H,27,29). The highest BCUT2D eigenvalue weighted by molar-refractivity contribution is 5.82. The van der Waals surface area contributed by atoms with Gasteiger partial charge in [-0.2, -0.15) is 0 Å². The zero-order chi connectivity index (χ0) is 23.1. The van der Waals surface area contributed by atoms with E-state index in [0.717, 1.165) is 29.7 Å². The van der Waals surface area contributed by atoms with E-state index in [1.807, 2.05) is 19.1 Å². The molecule has 1 aliphatic heterocycles. The van der Waals surface area contributed by atoms with Crippen LogP contribution in [0.3, 0.4) is 0 Å². The summed E-state index contributed by atoms with van der Waals surface area (Å²) in [4.78, 5) is 14.8. The van der Waals surface area contributed by atoms with Crippen LogP contribution in [-0.2, 0) is 11.2 Å². The molecule has 1 heterocycles. The van der Waals surface area contributed by atoms with Gasteiger partial charge in [0.15, 0.2) is 0 Å². The Kier molecular flexibility index (Phi) is 8.11. The van der Waals surface area contributed by atoms with Crippen molar-refractivity contribution in [3.05, 3.63) is 59.4 Å². The molecule has 0 bridgehead atoms. The highest BCUT2D eigenvalue weighted by Gasteiger charge is 2.25. The van der Waals surface area contributed by atoms with Crippen molar-refractivity contribution < 1.29 is 23.4 Å². The molecule has 1 N–H and O–H groups in total. The highest BCUT2D eigenvalue weighted by atomic mass is 19.1. The van der Waals surface area contributed by atoms with Crippen molar-refractivity contribution in [2.45, 2.75) is 25.8 Å². The number of nitrogens with one attached hydrogen (secondary N) is 1. The maximum atomic E-state index is 13.0. The monoisotopic (exact) mass is 442 g/mol. The molecule has 7 heteroatoms. The minimum absolute atomic E-state index is 0.0106. The molecule has 172 valence electrons. The zero-order valence-corrected chi connectivity index (χ0v) is 19.1. The van der Waals surface area contributed by atoms with Crippen molar-refractivity contribution >= 4 is 11.5 Å². The number of ether oxygens (including phenoxy) is 3. The van der Waals surface area contributed by atoms with E-state index >= 15 is 0 Å². The smallest absolute Gasteiger partial charge is 0.237 e. The minimum Gasteiger partial charge on any atom is -0.496 e. The van der Waals surface area contributed by atoms with Crippen LogP contribution in [0.5, 0.6) is 17.2 Å². The molecule has 1 atom stereocenters. The Morgan fingerprint density at radius 3 is 2.28 bits per heavy atom. The summed E-state index contributed by atoms with van der Waals surface area (Å²) in [6, 6.07) is 9.80. The SMILES string of the molecule is COc1cc(OC)c(C2=CCN(C(C)C(=O)NCCc3ccc(F)cc3)CC2)c(OC)c1. The van der Waals surface area contributed by atoms with E-state index in [1.54, 1.807) is 33.5 Å². The maximum absolute atomic E-state index is 13.0. The fraction of sp³-hybridized carbons (Fsp3) is 0.400. The van der Waals surface area contributed by atoms with Crippen LogP contribution >= 0.6 is 0 Å². The Bertz CT molecular complexity index is 934. The molecule has 2 aromatic carbocycles. The molecule has 2 aromatic rings. The normalized spacial score (nSPS) is 15.0. The molecule has 0 aromatic heterocycles. The molecule has 0 spiro atoms. The summed E-state index contributed by atoms with van der Waals surface area (Å²) in [6.45, 7) is 3.83. The van der Waals surface area contributed by atoms with Gasteiger partial charge in [-0.25, -0.2) is 4.39 Å². The van der Waals surface area contributed by atoms with Crippen LogP contribution < -0.4 is 19.5 Å². The average Bonchev–Trinajstić information content (AvgIpc) is 2.83. The quantitative estimate of drug-likeness (QED) is 0.642.